The Morgan fingerprint density at radius 1 is 1.15 bits per heavy atom. The first-order valence-electron chi connectivity index (χ1n) is 10.2. The van der Waals surface area contributed by atoms with E-state index in [9.17, 15) is 0 Å². The lowest BCUT2D eigenvalue weighted by Crippen LogP contribution is -2.50. The van der Waals surface area contributed by atoms with E-state index in [0.717, 1.165) is 43.0 Å². The zero-order valence-corrected chi connectivity index (χ0v) is 17.8. The number of fused-ring (bicyclic) bond motifs is 1. The number of hydrogen-bond donors (Lipinski definition) is 0. The predicted molar refractivity (Wildman–Crippen MR) is 105 cm³/mol. The minimum absolute atomic E-state index is 0.0265. The van der Waals surface area contributed by atoms with Crippen molar-refractivity contribution in [1.82, 2.24) is 0 Å². The van der Waals surface area contributed by atoms with Gasteiger partial charge in [-0.3, -0.25) is 0 Å². The van der Waals surface area contributed by atoms with Gasteiger partial charge in [0.25, 0.3) is 0 Å². The van der Waals surface area contributed by atoms with Crippen molar-refractivity contribution in [2.75, 3.05) is 11.0 Å². The Kier molecular flexibility index (Phi) is 5.83. The van der Waals surface area contributed by atoms with Crippen molar-refractivity contribution in [3.8, 4) is 6.07 Å². The van der Waals surface area contributed by atoms with E-state index in [0.29, 0.717) is 6.61 Å². The third-order valence-electron chi connectivity index (χ3n) is 6.59. The van der Waals surface area contributed by atoms with E-state index in [1.165, 1.54) is 19.3 Å². The molecule has 1 saturated carbocycles. The molecule has 5 nitrogen and oxygen atoms in total. The molecule has 146 valence electrons. The first-order valence-corrected chi connectivity index (χ1v) is 11.7. The second-order valence-corrected chi connectivity index (χ2v) is 9.35. The third-order valence-corrected chi connectivity index (χ3v) is 7.89. The van der Waals surface area contributed by atoms with Crippen molar-refractivity contribution < 1.29 is 18.9 Å². The van der Waals surface area contributed by atoms with Crippen LogP contribution >= 0.6 is 22.6 Å². The molecule has 0 radical (unpaired) electrons. The Morgan fingerprint density at radius 2 is 1.96 bits per heavy atom. The minimum atomic E-state index is -0.344. The van der Waals surface area contributed by atoms with Crippen molar-refractivity contribution in [2.24, 2.45) is 5.92 Å². The van der Waals surface area contributed by atoms with Crippen LogP contribution in [0.15, 0.2) is 0 Å². The molecule has 26 heavy (non-hydrogen) atoms. The average molecular weight is 475 g/mol. The molecule has 1 spiro atoms. The molecule has 0 aromatic rings. The summed E-state index contributed by atoms with van der Waals surface area (Å²) in [5, 5.41) is 9.12. The largest absolute Gasteiger partial charge is 0.369 e. The van der Waals surface area contributed by atoms with Crippen molar-refractivity contribution in [3.05, 3.63) is 0 Å². The second kappa shape index (κ2) is 7.82. The molecule has 0 aromatic carbocycles. The highest BCUT2D eigenvalue weighted by Gasteiger charge is 2.56. The van der Waals surface area contributed by atoms with E-state index >= 15 is 0 Å². The number of nitrogens with zero attached hydrogens (tertiary/aromatic N) is 1. The SMILES string of the molecule is C[C@@H](C#N)C[C@H]1CC[C@@H]2OC(C3COC4(CCCCC4)O3)C[C@]2(CI)O1. The van der Waals surface area contributed by atoms with Gasteiger partial charge >= 0.3 is 0 Å². The summed E-state index contributed by atoms with van der Waals surface area (Å²) in [6, 6.07) is 2.34. The lowest BCUT2D eigenvalue weighted by molar-refractivity contribution is -0.199. The smallest absolute Gasteiger partial charge is 0.169 e. The molecule has 0 aromatic heterocycles. The lowest BCUT2D eigenvalue weighted by atomic mass is 9.86. The Balaban J connectivity index is 1.40. The van der Waals surface area contributed by atoms with Gasteiger partial charge in [0.15, 0.2) is 5.79 Å². The van der Waals surface area contributed by atoms with Crippen LogP contribution in [-0.4, -0.2) is 46.8 Å². The molecule has 6 atom stereocenters. The fourth-order valence-corrected chi connectivity index (χ4v) is 6.14. The molecule has 2 unspecified atom stereocenters. The summed E-state index contributed by atoms with van der Waals surface area (Å²) in [6.45, 7) is 2.62. The van der Waals surface area contributed by atoms with Crippen LogP contribution in [0.1, 0.15) is 64.7 Å². The maximum atomic E-state index is 9.12. The number of alkyl halides is 1. The van der Waals surface area contributed by atoms with E-state index in [2.05, 4.69) is 28.7 Å². The Labute approximate surface area is 170 Å². The van der Waals surface area contributed by atoms with Crippen LogP contribution in [0.4, 0.5) is 0 Å². The summed E-state index contributed by atoms with van der Waals surface area (Å²) in [5.41, 5.74) is -0.227. The van der Waals surface area contributed by atoms with Crippen molar-refractivity contribution in [3.63, 3.8) is 0 Å². The average Bonchev–Trinajstić information content (AvgIpc) is 3.24. The van der Waals surface area contributed by atoms with Crippen molar-refractivity contribution >= 4 is 22.6 Å². The monoisotopic (exact) mass is 475 g/mol. The fourth-order valence-electron chi connectivity index (χ4n) is 5.16. The molecular formula is C20H30INO4. The van der Waals surface area contributed by atoms with Crippen molar-refractivity contribution in [2.45, 2.75) is 101 Å². The number of ether oxygens (including phenoxy) is 4. The van der Waals surface area contributed by atoms with E-state index in [1.807, 2.05) is 6.92 Å². The molecule has 4 fully saturated rings. The highest BCUT2D eigenvalue weighted by Crippen LogP contribution is 2.47. The molecule has 3 aliphatic heterocycles. The Bertz CT molecular complexity index is 546. The standard InChI is InChI=1S/C20H30INO4/c1-14(11-22)9-15-5-6-18-19(13-21,25-15)10-16(24-18)17-12-23-20(26-17)7-3-2-4-8-20/h14-18H,2-10,12-13H2,1H3/t14-,15-,16?,17?,18+,19-/m1/s1. The summed E-state index contributed by atoms with van der Waals surface area (Å²) in [6.07, 6.45) is 9.80. The third kappa shape index (κ3) is 3.67. The molecule has 4 aliphatic rings. The maximum absolute atomic E-state index is 9.12. The Morgan fingerprint density at radius 3 is 2.69 bits per heavy atom. The van der Waals surface area contributed by atoms with Gasteiger partial charge in [-0.25, -0.2) is 0 Å². The quantitative estimate of drug-likeness (QED) is 0.452. The molecule has 0 amide bonds. The second-order valence-electron chi connectivity index (χ2n) is 8.59. The molecule has 3 heterocycles. The van der Waals surface area contributed by atoms with Crippen LogP contribution < -0.4 is 0 Å². The molecule has 0 bridgehead atoms. The molecule has 1 aliphatic carbocycles. The molecule has 3 saturated heterocycles. The van der Waals surface area contributed by atoms with Gasteiger partial charge in [-0.05, 0) is 39.0 Å². The highest BCUT2D eigenvalue weighted by molar-refractivity contribution is 14.1. The number of halogens is 1. The predicted octanol–water partition coefficient (Wildman–Crippen LogP) is 4.12. The summed E-state index contributed by atoms with van der Waals surface area (Å²) in [4.78, 5) is 0. The number of nitriles is 1. The van der Waals surface area contributed by atoms with Crippen LogP contribution in [0.25, 0.3) is 0 Å². The van der Waals surface area contributed by atoms with Crippen LogP contribution in [0.5, 0.6) is 0 Å². The molecular weight excluding hydrogens is 445 g/mol. The summed E-state index contributed by atoms with van der Waals surface area (Å²) in [5.74, 6) is -0.304. The minimum Gasteiger partial charge on any atom is -0.369 e. The highest BCUT2D eigenvalue weighted by atomic mass is 127. The fraction of sp³-hybridized carbons (Fsp3) is 0.950. The van der Waals surface area contributed by atoms with Crippen LogP contribution in [0.2, 0.25) is 0 Å². The van der Waals surface area contributed by atoms with E-state index in [1.54, 1.807) is 0 Å². The van der Waals surface area contributed by atoms with Gasteiger partial charge in [-0.15, -0.1) is 0 Å². The number of rotatable bonds is 4. The summed E-state index contributed by atoms with van der Waals surface area (Å²) in [7, 11) is 0. The van der Waals surface area contributed by atoms with Crippen LogP contribution in [0.3, 0.4) is 0 Å². The molecule has 4 rings (SSSR count). The van der Waals surface area contributed by atoms with Crippen LogP contribution in [-0.2, 0) is 18.9 Å². The van der Waals surface area contributed by atoms with Gasteiger partial charge in [-0.2, -0.15) is 5.26 Å². The van der Waals surface area contributed by atoms with Gasteiger partial charge in [0.1, 0.15) is 11.7 Å². The van der Waals surface area contributed by atoms with Gasteiger partial charge in [0.2, 0.25) is 0 Å². The zero-order valence-electron chi connectivity index (χ0n) is 15.6. The van der Waals surface area contributed by atoms with Gasteiger partial charge in [-0.1, -0.05) is 29.0 Å². The Hall–Kier alpha value is 0.0600. The van der Waals surface area contributed by atoms with E-state index in [4.69, 9.17) is 24.2 Å². The summed E-state index contributed by atoms with van der Waals surface area (Å²) >= 11 is 2.44. The molecule has 0 N–H and O–H groups in total. The molecule has 6 heteroatoms. The van der Waals surface area contributed by atoms with Gasteiger partial charge < -0.3 is 18.9 Å². The number of hydrogen-bond acceptors (Lipinski definition) is 5. The van der Waals surface area contributed by atoms with E-state index in [-0.39, 0.29) is 41.7 Å². The zero-order chi connectivity index (χ0) is 18.2. The van der Waals surface area contributed by atoms with Crippen molar-refractivity contribution in [1.29, 1.82) is 5.26 Å². The van der Waals surface area contributed by atoms with Gasteiger partial charge in [0.05, 0.1) is 31.0 Å². The normalized spacial score (nSPS) is 43.1. The summed E-state index contributed by atoms with van der Waals surface area (Å²) < 4.78 is 26.5. The first kappa shape index (κ1) is 19.4. The lowest BCUT2D eigenvalue weighted by Gasteiger charge is -2.41. The van der Waals surface area contributed by atoms with Crippen LogP contribution in [0, 0.1) is 17.2 Å². The van der Waals surface area contributed by atoms with E-state index < -0.39 is 0 Å². The first-order chi connectivity index (χ1) is 12.6. The van der Waals surface area contributed by atoms with Gasteiger partial charge in [0, 0.05) is 29.6 Å². The maximum Gasteiger partial charge on any atom is 0.169 e. The topological polar surface area (TPSA) is 60.7 Å².